The molecule has 1 aliphatic heterocycles. The highest BCUT2D eigenvalue weighted by Gasteiger charge is 2.56. The second kappa shape index (κ2) is 4.85. The van der Waals surface area contributed by atoms with Gasteiger partial charge in [0.25, 0.3) is 0 Å². The van der Waals surface area contributed by atoms with E-state index in [0.717, 1.165) is 13.1 Å². The summed E-state index contributed by atoms with van der Waals surface area (Å²) in [7, 11) is 0. The van der Waals surface area contributed by atoms with Crippen LogP contribution < -0.4 is 10.6 Å². The van der Waals surface area contributed by atoms with Crippen molar-refractivity contribution in [2.75, 3.05) is 13.1 Å². The molecule has 21 heavy (non-hydrogen) atoms. The van der Waals surface area contributed by atoms with Crippen LogP contribution in [-0.2, 0) is 4.79 Å². The summed E-state index contributed by atoms with van der Waals surface area (Å²) in [5, 5.41) is 9.00. The summed E-state index contributed by atoms with van der Waals surface area (Å²) >= 11 is 0. The van der Waals surface area contributed by atoms with E-state index in [2.05, 4.69) is 54.0 Å². The first kappa shape index (κ1) is 12.8. The first-order chi connectivity index (χ1) is 10.3. The lowest BCUT2D eigenvalue weighted by atomic mass is 9.99. The Morgan fingerprint density at radius 1 is 1.14 bits per heavy atom. The van der Waals surface area contributed by atoms with E-state index in [0.29, 0.717) is 11.8 Å². The molecule has 0 spiro atoms. The van der Waals surface area contributed by atoms with E-state index < -0.39 is 0 Å². The van der Waals surface area contributed by atoms with Crippen molar-refractivity contribution in [3.63, 3.8) is 0 Å². The molecule has 1 saturated carbocycles. The second-order valence-electron chi connectivity index (χ2n) is 6.31. The predicted octanol–water partition coefficient (Wildman–Crippen LogP) is 2.48. The van der Waals surface area contributed by atoms with Gasteiger partial charge in [-0.2, -0.15) is 0 Å². The third-order valence-electron chi connectivity index (χ3n) is 5.04. The number of carbonyl (C=O) groups is 1. The van der Waals surface area contributed by atoms with Crippen molar-refractivity contribution < 1.29 is 4.79 Å². The number of hydrogen-bond acceptors (Lipinski definition) is 2. The summed E-state index contributed by atoms with van der Waals surface area (Å²) in [6.45, 7) is 4.09. The van der Waals surface area contributed by atoms with Crippen LogP contribution in [0.3, 0.4) is 0 Å². The Hall–Kier alpha value is -1.87. The summed E-state index contributed by atoms with van der Waals surface area (Å²) in [6.07, 6.45) is 0. The molecule has 2 aromatic rings. The van der Waals surface area contributed by atoms with E-state index in [1.165, 1.54) is 16.3 Å². The maximum atomic E-state index is 12.4. The summed E-state index contributed by atoms with van der Waals surface area (Å²) in [5.41, 5.74) is 1.20. The van der Waals surface area contributed by atoms with Gasteiger partial charge in [-0.25, -0.2) is 0 Å². The summed E-state index contributed by atoms with van der Waals surface area (Å²) in [6, 6.07) is 14.7. The van der Waals surface area contributed by atoms with E-state index in [1.54, 1.807) is 0 Å². The van der Waals surface area contributed by atoms with Gasteiger partial charge in [0, 0.05) is 5.92 Å². The zero-order valence-electron chi connectivity index (χ0n) is 12.2. The van der Waals surface area contributed by atoms with Gasteiger partial charge in [0.15, 0.2) is 0 Å². The average molecular weight is 280 g/mol. The lowest BCUT2D eigenvalue weighted by Gasteiger charge is -2.17. The molecule has 2 aromatic carbocycles. The summed E-state index contributed by atoms with van der Waals surface area (Å²) < 4.78 is 0. The zero-order valence-corrected chi connectivity index (χ0v) is 12.2. The van der Waals surface area contributed by atoms with Gasteiger partial charge < -0.3 is 10.6 Å². The Balaban J connectivity index is 1.54. The minimum atomic E-state index is 0.0536. The normalized spacial score (nSPS) is 28.1. The first-order valence-electron chi connectivity index (χ1n) is 7.74. The van der Waals surface area contributed by atoms with Gasteiger partial charge in [-0.05, 0) is 48.2 Å². The Labute approximate surface area is 124 Å². The molecular formula is C18H20N2O. The third kappa shape index (κ3) is 2.12. The van der Waals surface area contributed by atoms with Crippen LogP contribution in [0.2, 0.25) is 0 Å². The maximum absolute atomic E-state index is 12.4. The van der Waals surface area contributed by atoms with Crippen LogP contribution in [0.1, 0.15) is 18.5 Å². The van der Waals surface area contributed by atoms with E-state index >= 15 is 0 Å². The largest absolute Gasteiger partial charge is 0.349 e. The molecule has 2 fully saturated rings. The van der Waals surface area contributed by atoms with Crippen molar-refractivity contribution in [2.24, 2.45) is 17.8 Å². The fourth-order valence-electron chi connectivity index (χ4n) is 3.82. The van der Waals surface area contributed by atoms with Gasteiger partial charge >= 0.3 is 0 Å². The van der Waals surface area contributed by atoms with E-state index in [4.69, 9.17) is 0 Å². The molecule has 0 aromatic heterocycles. The molecule has 3 nitrogen and oxygen atoms in total. The standard InChI is InChI=1S/C18H20N2O/c1-11(20-18(21)17-15-9-19-10-16(15)17)13-8-4-6-12-5-2-3-7-14(12)13/h2-8,11,15-17,19H,9-10H2,1H3,(H,20,21)/t11?,15-,16?,17+/m0/s1. The van der Waals surface area contributed by atoms with Gasteiger partial charge in [-0.15, -0.1) is 0 Å². The van der Waals surface area contributed by atoms with Gasteiger partial charge in [-0.1, -0.05) is 42.5 Å². The van der Waals surface area contributed by atoms with Crippen molar-refractivity contribution in [2.45, 2.75) is 13.0 Å². The van der Waals surface area contributed by atoms with Crippen LogP contribution in [0.5, 0.6) is 0 Å². The Morgan fingerprint density at radius 2 is 1.86 bits per heavy atom. The predicted molar refractivity (Wildman–Crippen MR) is 83.8 cm³/mol. The topological polar surface area (TPSA) is 41.1 Å². The quantitative estimate of drug-likeness (QED) is 0.907. The van der Waals surface area contributed by atoms with Crippen LogP contribution in [0.15, 0.2) is 42.5 Å². The Morgan fingerprint density at radius 3 is 2.67 bits per heavy atom. The average Bonchev–Trinajstić information content (AvgIpc) is 3.00. The van der Waals surface area contributed by atoms with E-state index in [1.807, 2.05) is 6.07 Å². The number of carbonyl (C=O) groups excluding carboxylic acids is 1. The maximum Gasteiger partial charge on any atom is 0.224 e. The zero-order chi connectivity index (χ0) is 14.4. The Kier molecular flexibility index (Phi) is 2.96. The molecule has 1 heterocycles. The van der Waals surface area contributed by atoms with E-state index in [-0.39, 0.29) is 17.9 Å². The number of rotatable bonds is 3. The SMILES string of the molecule is CC(NC(=O)[C@H]1C2CNC[C@@H]21)c1cccc2ccccc12. The number of hydrogen-bond donors (Lipinski definition) is 2. The fourth-order valence-corrected chi connectivity index (χ4v) is 3.82. The molecule has 2 unspecified atom stereocenters. The van der Waals surface area contributed by atoms with Crippen LogP contribution in [0.4, 0.5) is 0 Å². The first-order valence-corrected chi connectivity index (χ1v) is 7.74. The molecule has 2 aliphatic rings. The monoisotopic (exact) mass is 280 g/mol. The highest BCUT2D eigenvalue weighted by Crippen LogP contribution is 2.48. The molecule has 0 bridgehead atoms. The van der Waals surface area contributed by atoms with Crippen molar-refractivity contribution >= 4 is 16.7 Å². The molecule has 4 rings (SSSR count). The van der Waals surface area contributed by atoms with E-state index in [9.17, 15) is 4.79 Å². The fraction of sp³-hybridized carbons (Fsp3) is 0.389. The molecule has 1 saturated heterocycles. The molecule has 1 aliphatic carbocycles. The summed E-state index contributed by atoms with van der Waals surface area (Å²) in [5.74, 6) is 1.62. The van der Waals surface area contributed by atoms with Crippen molar-refractivity contribution in [1.29, 1.82) is 0 Å². The highest BCUT2D eigenvalue weighted by atomic mass is 16.2. The molecule has 2 N–H and O–H groups in total. The molecule has 1 amide bonds. The number of amides is 1. The highest BCUT2D eigenvalue weighted by molar-refractivity contribution is 5.87. The number of fused-ring (bicyclic) bond motifs is 2. The van der Waals surface area contributed by atoms with Crippen LogP contribution in [0.25, 0.3) is 10.8 Å². The molecule has 3 heteroatoms. The van der Waals surface area contributed by atoms with Crippen LogP contribution >= 0.6 is 0 Å². The minimum Gasteiger partial charge on any atom is -0.349 e. The van der Waals surface area contributed by atoms with Gasteiger partial charge in [0.2, 0.25) is 5.91 Å². The van der Waals surface area contributed by atoms with Crippen LogP contribution in [-0.4, -0.2) is 19.0 Å². The lowest BCUT2D eigenvalue weighted by Crippen LogP contribution is -2.31. The summed E-state index contributed by atoms with van der Waals surface area (Å²) in [4.78, 5) is 12.4. The van der Waals surface area contributed by atoms with Crippen molar-refractivity contribution in [1.82, 2.24) is 10.6 Å². The van der Waals surface area contributed by atoms with Crippen LogP contribution in [0, 0.1) is 17.8 Å². The lowest BCUT2D eigenvalue weighted by molar-refractivity contribution is -0.123. The van der Waals surface area contributed by atoms with Gasteiger partial charge in [-0.3, -0.25) is 4.79 Å². The van der Waals surface area contributed by atoms with Gasteiger partial charge in [0.1, 0.15) is 0 Å². The molecule has 0 radical (unpaired) electrons. The van der Waals surface area contributed by atoms with Crippen molar-refractivity contribution in [3.8, 4) is 0 Å². The number of benzene rings is 2. The van der Waals surface area contributed by atoms with Crippen molar-refractivity contribution in [3.05, 3.63) is 48.0 Å². The van der Waals surface area contributed by atoms with Gasteiger partial charge in [0.05, 0.1) is 6.04 Å². The molecule has 108 valence electrons. The number of piperidine rings is 1. The number of nitrogens with one attached hydrogen (secondary N) is 2. The minimum absolute atomic E-state index is 0.0536. The smallest absolute Gasteiger partial charge is 0.224 e. The molecule has 4 atom stereocenters. The second-order valence-corrected chi connectivity index (χ2v) is 6.31. The third-order valence-corrected chi connectivity index (χ3v) is 5.04. The Bertz CT molecular complexity index is 681. The molecular weight excluding hydrogens is 260 g/mol.